The van der Waals surface area contributed by atoms with E-state index in [9.17, 15) is 4.39 Å². The van der Waals surface area contributed by atoms with E-state index in [1.165, 1.54) is 6.07 Å². The molecular formula is C14H15ClFNO2. The highest BCUT2D eigenvalue weighted by Gasteiger charge is 2.11. The lowest BCUT2D eigenvalue weighted by molar-refractivity contribution is 0.206. The van der Waals surface area contributed by atoms with Crippen LogP contribution in [0.2, 0.25) is 5.02 Å². The SMILES string of the molecule is CC(CNCc1ccco1)Oc1cccc(Cl)c1F. The van der Waals surface area contributed by atoms with Crippen LogP contribution in [0.3, 0.4) is 0 Å². The zero-order valence-electron chi connectivity index (χ0n) is 10.5. The van der Waals surface area contributed by atoms with Crippen molar-refractivity contribution < 1.29 is 13.5 Å². The lowest BCUT2D eigenvalue weighted by Crippen LogP contribution is -2.28. The minimum absolute atomic E-state index is 0.0632. The Morgan fingerprint density at radius 3 is 2.95 bits per heavy atom. The molecule has 0 aliphatic rings. The van der Waals surface area contributed by atoms with Crippen LogP contribution in [-0.2, 0) is 6.54 Å². The van der Waals surface area contributed by atoms with Gasteiger partial charge in [-0.25, -0.2) is 4.39 Å². The Labute approximate surface area is 116 Å². The zero-order chi connectivity index (χ0) is 13.7. The van der Waals surface area contributed by atoms with Crippen molar-refractivity contribution in [2.24, 2.45) is 0 Å². The molecule has 0 saturated heterocycles. The molecule has 0 bridgehead atoms. The fraction of sp³-hybridized carbons (Fsp3) is 0.286. The molecule has 0 spiro atoms. The third kappa shape index (κ3) is 3.98. The number of benzene rings is 1. The van der Waals surface area contributed by atoms with Crippen molar-refractivity contribution in [2.75, 3.05) is 6.54 Å². The first kappa shape index (κ1) is 13.9. The normalized spacial score (nSPS) is 12.4. The Bertz CT molecular complexity index is 516. The van der Waals surface area contributed by atoms with Gasteiger partial charge in [0.15, 0.2) is 11.6 Å². The summed E-state index contributed by atoms with van der Waals surface area (Å²) in [6.45, 7) is 3.04. The molecule has 1 atom stereocenters. The molecule has 0 saturated carbocycles. The van der Waals surface area contributed by atoms with E-state index in [1.807, 2.05) is 19.1 Å². The summed E-state index contributed by atoms with van der Waals surface area (Å²) in [5.74, 6) is 0.489. The maximum absolute atomic E-state index is 13.6. The first-order chi connectivity index (χ1) is 9.16. The second-order valence-corrected chi connectivity index (χ2v) is 4.60. The highest BCUT2D eigenvalue weighted by atomic mass is 35.5. The summed E-state index contributed by atoms with van der Waals surface area (Å²) in [5, 5.41) is 3.23. The van der Waals surface area contributed by atoms with Gasteiger partial charge in [-0.1, -0.05) is 17.7 Å². The Morgan fingerprint density at radius 2 is 2.21 bits per heavy atom. The van der Waals surface area contributed by atoms with Crippen molar-refractivity contribution in [2.45, 2.75) is 19.6 Å². The Hall–Kier alpha value is -1.52. The smallest absolute Gasteiger partial charge is 0.183 e. The van der Waals surface area contributed by atoms with Gasteiger partial charge in [-0.3, -0.25) is 0 Å². The molecule has 19 heavy (non-hydrogen) atoms. The average molecular weight is 284 g/mol. The Morgan fingerprint density at radius 1 is 1.37 bits per heavy atom. The van der Waals surface area contributed by atoms with Crippen LogP contribution < -0.4 is 10.1 Å². The van der Waals surface area contributed by atoms with Crippen LogP contribution in [-0.4, -0.2) is 12.6 Å². The van der Waals surface area contributed by atoms with E-state index in [-0.39, 0.29) is 16.9 Å². The fourth-order valence-corrected chi connectivity index (χ4v) is 1.81. The van der Waals surface area contributed by atoms with Gasteiger partial charge < -0.3 is 14.5 Å². The van der Waals surface area contributed by atoms with E-state index in [0.717, 1.165) is 5.76 Å². The molecule has 0 radical (unpaired) electrons. The third-order valence-electron chi connectivity index (χ3n) is 2.56. The van der Waals surface area contributed by atoms with E-state index in [2.05, 4.69) is 5.32 Å². The van der Waals surface area contributed by atoms with Crippen molar-refractivity contribution >= 4 is 11.6 Å². The van der Waals surface area contributed by atoms with Gasteiger partial charge in [0.25, 0.3) is 0 Å². The number of hydrogen-bond acceptors (Lipinski definition) is 3. The molecular weight excluding hydrogens is 269 g/mol. The summed E-state index contributed by atoms with van der Waals surface area (Å²) < 4.78 is 24.3. The van der Waals surface area contributed by atoms with E-state index < -0.39 is 5.82 Å². The Kier molecular flexibility index (Phi) is 4.82. The molecule has 3 nitrogen and oxygen atoms in total. The molecule has 0 aliphatic carbocycles. The molecule has 2 aromatic rings. The Balaban J connectivity index is 1.80. The van der Waals surface area contributed by atoms with Gasteiger partial charge in [-0.15, -0.1) is 0 Å². The van der Waals surface area contributed by atoms with E-state index >= 15 is 0 Å². The van der Waals surface area contributed by atoms with Crippen LogP contribution in [0.15, 0.2) is 41.0 Å². The van der Waals surface area contributed by atoms with Gasteiger partial charge in [0.1, 0.15) is 11.9 Å². The van der Waals surface area contributed by atoms with Crippen LogP contribution in [0.1, 0.15) is 12.7 Å². The van der Waals surface area contributed by atoms with Crippen molar-refractivity contribution in [3.05, 3.63) is 53.2 Å². The maximum atomic E-state index is 13.6. The van der Waals surface area contributed by atoms with Crippen molar-refractivity contribution in [3.8, 4) is 5.75 Å². The van der Waals surface area contributed by atoms with Gasteiger partial charge in [-0.05, 0) is 31.2 Å². The van der Waals surface area contributed by atoms with E-state index in [4.69, 9.17) is 20.8 Å². The quantitative estimate of drug-likeness (QED) is 0.879. The largest absolute Gasteiger partial charge is 0.486 e. The molecule has 1 unspecified atom stereocenters. The summed E-state index contributed by atoms with van der Waals surface area (Å²) in [6, 6.07) is 8.42. The molecule has 1 aromatic heterocycles. The molecule has 1 aromatic carbocycles. The summed E-state index contributed by atoms with van der Waals surface area (Å²) in [6.07, 6.45) is 1.45. The molecule has 0 amide bonds. The molecule has 0 aliphatic heterocycles. The van der Waals surface area contributed by atoms with Crippen LogP contribution in [0.25, 0.3) is 0 Å². The summed E-state index contributed by atoms with van der Waals surface area (Å²) in [7, 11) is 0. The van der Waals surface area contributed by atoms with Gasteiger partial charge in [0.05, 0.1) is 17.8 Å². The zero-order valence-corrected chi connectivity index (χ0v) is 11.3. The predicted octanol–water partition coefficient (Wildman–Crippen LogP) is 3.63. The summed E-state index contributed by atoms with van der Waals surface area (Å²) in [5.41, 5.74) is 0. The number of ether oxygens (including phenoxy) is 1. The molecule has 0 fully saturated rings. The van der Waals surface area contributed by atoms with E-state index in [1.54, 1.807) is 18.4 Å². The molecule has 5 heteroatoms. The lowest BCUT2D eigenvalue weighted by Gasteiger charge is -2.15. The minimum Gasteiger partial charge on any atom is -0.486 e. The van der Waals surface area contributed by atoms with Crippen LogP contribution in [0.4, 0.5) is 4.39 Å². The molecule has 1 N–H and O–H groups in total. The maximum Gasteiger partial charge on any atom is 0.183 e. The number of rotatable bonds is 6. The highest BCUT2D eigenvalue weighted by molar-refractivity contribution is 6.30. The van der Waals surface area contributed by atoms with Crippen LogP contribution >= 0.6 is 11.6 Å². The number of nitrogens with one attached hydrogen (secondary N) is 1. The summed E-state index contributed by atoms with van der Waals surface area (Å²) in [4.78, 5) is 0. The topological polar surface area (TPSA) is 34.4 Å². The predicted molar refractivity (Wildman–Crippen MR) is 71.9 cm³/mol. The minimum atomic E-state index is -0.526. The van der Waals surface area contributed by atoms with Crippen molar-refractivity contribution in [3.63, 3.8) is 0 Å². The first-order valence-electron chi connectivity index (χ1n) is 6.00. The third-order valence-corrected chi connectivity index (χ3v) is 2.85. The fourth-order valence-electron chi connectivity index (χ4n) is 1.65. The lowest BCUT2D eigenvalue weighted by atomic mass is 10.3. The van der Waals surface area contributed by atoms with Crippen molar-refractivity contribution in [1.82, 2.24) is 5.32 Å². The van der Waals surface area contributed by atoms with Gasteiger partial charge >= 0.3 is 0 Å². The number of halogens is 2. The molecule has 2 rings (SSSR count). The van der Waals surface area contributed by atoms with Crippen LogP contribution in [0.5, 0.6) is 5.75 Å². The first-order valence-corrected chi connectivity index (χ1v) is 6.38. The monoisotopic (exact) mass is 283 g/mol. The van der Waals surface area contributed by atoms with Crippen molar-refractivity contribution in [1.29, 1.82) is 0 Å². The average Bonchev–Trinajstić information content (AvgIpc) is 2.88. The highest BCUT2D eigenvalue weighted by Crippen LogP contribution is 2.24. The second kappa shape index (κ2) is 6.59. The number of furan rings is 1. The van der Waals surface area contributed by atoms with Gasteiger partial charge in [-0.2, -0.15) is 0 Å². The van der Waals surface area contributed by atoms with Gasteiger partial charge in [0.2, 0.25) is 0 Å². The number of hydrogen-bond donors (Lipinski definition) is 1. The van der Waals surface area contributed by atoms with Gasteiger partial charge in [0, 0.05) is 6.54 Å². The van der Waals surface area contributed by atoms with E-state index in [0.29, 0.717) is 13.1 Å². The van der Waals surface area contributed by atoms with Crippen LogP contribution in [0, 0.1) is 5.82 Å². The molecule has 1 heterocycles. The summed E-state index contributed by atoms with van der Waals surface area (Å²) >= 11 is 5.69. The second-order valence-electron chi connectivity index (χ2n) is 4.19. The molecule has 102 valence electrons. The standard InChI is InChI=1S/C14H15ClFNO2/c1-10(8-17-9-11-4-3-7-18-11)19-13-6-2-5-12(15)14(13)16/h2-7,10,17H,8-9H2,1H3.